The van der Waals surface area contributed by atoms with Gasteiger partial charge in [-0.2, -0.15) is 0 Å². The maximum absolute atomic E-state index is 11.0. The van der Waals surface area contributed by atoms with Gasteiger partial charge in [-0.3, -0.25) is 0 Å². The van der Waals surface area contributed by atoms with Crippen molar-refractivity contribution >= 4 is 6.29 Å². The first kappa shape index (κ1) is 13.6. The lowest BCUT2D eigenvalue weighted by molar-refractivity contribution is -0.111. The number of nitrogens with two attached hydrogens (primary N) is 1. The van der Waals surface area contributed by atoms with Crippen LogP contribution in [0.3, 0.4) is 0 Å². The van der Waals surface area contributed by atoms with Gasteiger partial charge in [0.2, 0.25) is 0 Å². The van der Waals surface area contributed by atoms with E-state index in [0.29, 0.717) is 19.3 Å². The van der Waals surface area contributed by atoms with Crippen LogP contribution in [0, 0.1) is 0 Å². The summed E-state index contributed by atoms with van der Waals surface area (Å²) < 4.78 is 0. The summed E-state index contributed by atoms with van der Waals surface area (Å²) in [5.74, 6) is 0. The van der Waals surface area contributed by atoms with Crippen molar-refractivity contribution in [2.45, 2.75) is 24.8 Å². The quantitative estimate of drug-likeness (QED) is 0.497. The first-order valence-corrected chi connectivity index (χ1v) is 4.92. The van der Waals surface area contributed by atoms with E-state index in [2.05, 4.69) is 19.7 Å². The Morgan fingerprint density at radius 3 is 2.27 bits per heavy atom. The van der Waals surface area contributed by atoms with E-state index < -0.39 is 5.54 Å². The Morgan fingerprint density at radius 2 is 1.87 bits per heavy atom. The molecular weight excluding hydrogens is 194 g/mol. The van der Waals surface area contributed by atoms with E-state index in [4.69, 9.17) is 5.73 Å². The molecule has 0 spiro atoms. The van der Waals surface area contributed by atoms with E-state index in [0.717, 1.165) is 11.9 Å². The minimum absolute atomic E-state index is 0.438. The Hall–Kier alpha value is -1.41. The number of allylic oxidation sites excluding steroid dienone is 3. The van der Waals surface area contributed by atoms with E-state index in [1.165, 1.54) is 0 Å². The van der Waals surface area contributed by atoms with E-state index in [1.807, 2.05) is 6.08 Å². The third-order valence-electron chi connectivity index (χ3n) is 2.19. The van der Waals surface area contributed by atoms with E-state index >= 15 is 0 Å². The normalized spacial score (nSPS) is 15.1. The van der Waals surface area contributed by atoms with Gasteiger partial charge in [0, 0.05) is 0 Å². The summed E-state index contributed by atoms with van der Waals surface area (Å²) in [5, 5.41) is 0. The van der Waals surface area contributed by atoms with Crippen LogP contribution in [0.2, 0.25) is 0 Å². The largest absolute Gasteiger partial charge is 0.316 e. The molecule has 0 bridgehead atoms. The Kier molecular flexibility index (Phi) is 6.30. The zero-order valence-corrected chi connectivity index (χ0v) is 9.11. The summed E-state index contributed by atoms with van der Waals surface area (Å²) in [4.78, 5) is 11.0. The van der Waals surface area contributed by atoms with Crippen molar-refractivity contribution < 1.29 is 4.79 Å². The number of carbonyl (C=O) groups is 1. The second-order valence-corrected chi connectivity index (χ2v) is 3.40. The molecule has 0 saturated heterocycles. The average molecular weight is 213 g/mol. The van der Waals surface area contributed by atoms with Gasteiger partial charge in [-0.1, -0.05) is 24.3 Å². The van der Waals surface area contributed by atoms with E-state index in [1.54, 1.807) is 18.2 Å². The van der Waals surface area contributed by atoms with Gasteiger partial charge in [0.15, 0.2) is 0 Å². The van der Waals surface area contributed by atoms with Crippen molar-refractivity contribution in [3.63, 3.8) is 0 Å². The van der Waals surface area contributed by atoms with Crippen molar-refractivity contribution in [2.75, 3.05) is 0 Å². The summed E-state index contributed by atoms with van der Waals surface area (Å²) >= 11 is 0. The van der Waals surface area contributed by atoms with Gasteiger partial charge >= 0.3 is 0 Å². The van der Waals surface area contributed by atoms with Crippen LogP contribution in [-0.2, 0) is 4.79 Å². The van der Waals surface area contributed by atoms with Crippen LogP contribution in [-0.4, -0.2) is 11.8 Å². The highest BCUT2D eigenvalue weighted by Gasteiger charge is 2.26. The molecule has 2 N–H and O–H groups in total. The third kappa shape index (κ3) is 4.09. The lowest BCUT2D eigenvalue weighted by Crippen LogP contribution is -2.43. The molecule has 1 unspecified atom stereocenters. The van der Waals surface area contributed by atoms with Crippen molar-refractivity contribution in [3.8, 4) is 0 Å². The molecule has 0 saturated carbocycles. The Balaban J connectivity index is 4.97. The van der Waals surface area contributed by atoms with Crippen LogP contribution in [0.4, 0.5) is 0 Å². The lowest BCUT2D eigenvalue weighted by Gasteiger charge is -2.24. The van der Waals surface area contributed by atoms with Crippen LogP contribution in [0.15, 0.2) is 49.6 Å². The molecular formula is C13H19NO. The lowest BCUT2D eigenvalue weighted by atomic mass is 10.6. The molecule has 0 rings (SSSR count). The smallest absolute Gasteiger partial charge is 0.144 e. The fourth-order valence-electron chi connectivity index (χ4n) is 1.34. The molecule has 1 atom stereocenters. The summed E-state index contributed by atoms with van der Waals surface area (Å²) in [6.45, 7) is 10.9. The minimum Gasteiger partial charge on any atom is -0.316 e. The number of hydrogen-bond donors (Lipinski definition) is 1. The van der Waals surface area contributed by atoms with Crippen LogP contribution in [0.25, 0.3) is 0 Å². The molecule has 0 aromatic carbocycles. The Morgan fingerprint density at radius 1 is 1.20 bits per heavy atom. The highest BCUT2D eigenvalue weighted by atomic mass is 16.2. The standard InChI is InChI=1S/C13H19NO/c1-4-7-9-12(8-5-2)13(14,11-15)10-6-3/h4-6,9,11H,1-3,7-8,10,14H2/i7+2,8+2,10+2,13+2. The summed E-state index contributed by atoms with van der Waals surface area (Å²) in [7, 11) is 0. The van der Waals surface area contributed by atoms with Crippen molar-refractivity contribution in [3.05, 3.63) is 49.6 Å². The second kappa shape index (κ2) is 6.96. The van der Waals surface area contributed by atoms with Crippen LogP contribution in [0.1, 0.15) is 19.3 Å². The van der Waals surface area contributed by atoms with Crippen LogP contribution in [0.5, 0.6) is 0 Å². The number of hydrogen-bond acceptors (Lipinski definition) is 2. The number of rotatable bonds is 8. The zero-order chi connectivity index (χ0) is 11.7. The molecule has 0 radical (unpaired) electrons. The molecule has 0 aliphatic carbocycles. The first-order valence-electron chi connectivity index (χ1n) is 4.92. The van der Waals surface area contributed by atoms with E-state index in [9.17, 15) is 4.79 Å². The fraction of sp³-hybridized carbons (Fsp3) is 0.308. The fourth-order valence-corrected chi connectivity index (χ4v) is 1.34. The second-order valence-electron chi connectivity index (χ2n) is 3.40. The van der Waals surface area contributed by atoms with Crippen LogP contribution >= 0.6 is 0 Å². The van der Waals surface area contributed by atoms with Crippen molar-refractivity contribution in [1.82, 2.24) is 0 Å². The highest BCUT2D eigenvalue weighted by Crippen LogP contribution is 2.21. The summed E-state index contributed by atoms with van der Waals surface area (Å²) in [6, 6.07) is 0. The predicted molar refractivity (Wildman–Crippen MR) is 65.5 cm³/mol. The van der Waals surface area contributed by atoms with Crippen molar-refractivity contribution in [2.24, 2.45) is 5.73 Å². The molecule has 0 fully saturated rings. The zero-order valence-electron chi connectivity index (χ0n) is 9.11. The maximum atomic E-state index is 11.0. The molecule has 0 aliphatic heterocycles. The Bertz CT molecular complexity index is 278. The molecule has 15 heavy (non-hydrogen) atoms. The molecule has 0 aromatic rings. The highest BCUT2D eigenvalue weighted by molar-refractivity contribution is 5.70. The predicted octanol–water partition coefficient (Wildman–Crippen LogP) is 2.54. The Labute approximate surface area is 91.9 Å². The van der Waals surface area contributed by atoms with Gasteiger partial charge in [-0.15, -0.1) is 19.7 Å². The van der Waals surface area contributed by atoms with Gasteiger partial charge in [0.25, 0.3) is 0 Å². The first-order chi connectivity index (χ1) is 7.14. The summed E-state index contributed by atoms with van der Waals surface area (Å²) in [5.41, 5.74) is 5.91. The number of aldehydes is 1. The molecule has 0 heterocycles. The molecule has 2 nitrogen and oxygen atoms in total. The molecule has 82 valence electrons. The van der Waals surface area contributed by atoms with E-state index in [-0.39, 0.29) is 0 Å². The topological polar surface area (TPSA) is 43.1 Å². The molecule has 0 amide bonds. The monoisotopic (exact) mass is 213 g/mol. The molecule has 0 aromatic heterocycles. The molecule has 0 aliphatic rings. The maximum Gasteiger partial charge on any atom is 0.144 e. The SMILES string of the molecule is C=C[14CH2]C=C([14CH2]C=C)[14C](N)(C=O)[14CH2]C=C. The van der Waals surface area contributed by atoms with Gasteiger partial charge in [0.1, 0.15) is 6.29 Å². The third-order valence-corrected chi connectivity index (χ3v) is 2.19. The van der Waals surface area contributed by atoms with Gasteiger partial charge in [-0.25, -0.2) is 0 Å². The molecule has 2 heteroatoms. The van der Waals surface area contributed by atoms with Gasteiger partial charge in [-0.05, 0) is 24.8 Å². The van der Waals surface area contributed by atoms with Gasteiger partial charge < -0.3 is 10.5 Å². The van der Waals surface area contributed by atoms with Crippen molar-refractivity contribution in [1.29, 1.82) is 0 Å². The number of carbonyl (C=O) groups excluding carboxylic acids is 1. The average Bonchev–Trinajstić information content (AvgIpc) is 2.24. The van der Waals surface area contributed by atoms with Crippen LogP contribution < -0.4 is 5.73 Å². The minimum atomic E-state index is -0.945. The summed E-state index contributed by atoms with van der Waals surface area (Å²) in [6.07, 6.45) is 9.60. The van der Waals surface area contributed by atoms with Gasteiger partial charge in [0.05, 0.1) is 5.54 Å².